The smallest absolute Gasteiger partial charge is 0.306 e. The van der Waals surface area contributed by atoms with E-state index in [2.05, 4.69) is 118 Å². The molecule has 0 aliphatic heterocycles. The molecule has 67 heavy (non-hydrogen) atoms. The van der Waals surface area contributed by atoms with Crippen molar-refractivity contribution in [1.82, 2.24) is 0 Å². The van der Waals surface area contributed by atoms with Crippen LogP contribution in [0.2, 0.25) is 0 Å². The SMILES string of the molecule is CC/C=C\C/C=C\C/C=C\CCCCCCCC(=O)OC[C@H](COC(=O)CCCC/C=C\C/C=C\C/C=C\CCCCC)OC(=O)CCCCCCCCCCC/C=C\C/C=C\CCCCC. The summed E-state index contributed by atoms with van der Waals surface area (Å²) in [5, 5.41) is 0. The minimum absolute atomic E-state index is 0.101. The first-order chi connectivity index (χ1) is 33.0. The molecular formula is C61H102O6. The van der Waals surface area contributed by atoms with E-state index in [0.717, 1.165) is 116 Å². The lowest BCUT2D eigenvalue weighted by molar-refractivity contribution is -0.167. The average Bonchev–Trinajstić information content (AvgIpc) is 3.33. The van der Waals surface area contributed by atoms with Crippen molar-refractivity contribution in [1.29, 1.82) is 0 Å². The van der Waals surface area contributed by atoms with Crippen LogP contribution in [0.4, 0.5) is 0 Å². The average molecular weight is 931 g/mol. The zero-order valence-electron chi connectivity index (χ0n) is 43.6. The number of carbonyl (C=O) groups excluding carboxylic acids is 3. The Balaban J connectivity index is 4.47. The Morgan fingerprint density at radius 1 is 0.313 bits per heavy atom. The van der Waals surface area contributed by atoms with E-state index >= 15 is 0 Å². The summed E-state index contributed by atoms with van der Waals surface area (Å²) in [5.41, 5.74) is 0. The van der Waals surface area contributed by atoms with E-state index in [1.165, 1.54) is 96.3 Å². The third-order valence-corrected chi connectivity index (χ3v) is 11.5. The molecule has 0 aromatic heterocycles. The Labute approximate surface area is 413 Å². The molecule has 0 amide bonds. The van der Waals surface area contributed by atoms with Gasteiger partial charge in [0.1, 0.15) is 13.2 Å². The van der Waals surface area contributed by atoms with Crippen molar-refractivity contribution in [2.45, 2.75) is 258 Å². The number of hydrogen-bond donors (Lipinski definition) is 0. The van der Waals surface area contributed by atoms with Gasteiger partial charge in [-0.15, -0.1) is 0 Å². The first-order valence-corrected chi connectivity index (χ1v) is 27.7. The monoisotopic (exact) mass is 931 g/mol. The molecule has 0 aromatic rings. The lowest BCUT2D eigenvalue weighted by Crippen LogP contribution is -2.30. The van der Waals surface area contributed by atoms with Crippen LogP contribution in [0.3, 0.4) is 0 Å². The normalized spacial score (nSPS) is 12.8. The highest BCUT2D eigenvalue weighted by atomic mass is 16.6. The second-order valence-corrected chi connectivity index (χ2v) is 18.1. The van der Waals surface area contributed by atoms with Gasteiger partial charge in [0.2, 0.25) is 0 Å². The van der Waals surface area contributed by atoms with Gasteiger partial charge in [0.05, 0.1) is 0 Å². The van der Waals surface area contributed by atoms with Crippen LogP contribution >= 0.6 is 0 Å². The van der Waals surface area contributed by atoms with Crippen LogP contribution in [0.1, 0.15) is 252 Å². The fraction of sp³-hybridized carbons (Fsp3) is 0.689. The number of hydrogen-bond acceptors (Lipinski definition) is 6. The van der Waals surface area contributed by atoms with Gasteiger partial charge < -0.3 is 14.2 Å². The molecule has 0 aromatic carbocycles. The predicted molar refractivity (Wildman–Crippen MR) is 288 cm³/mol. The standard InChI is InChI=1S/C61H102O6/c1-4-7-10-13-16-19-22-25-28-29-30-31-34-37-40-43-46-49-52-55-61(64)67-58(56-65-59(62)53-50-47-44-41-38-35-32-26-23-20-17-14-11-8-5-2)57-66-60(63)54-51-48-45-42-39-36-33-27-24-21-18-15-12-9-6-3/h8,11,16-21,25-28,32-33,39,42,58H,4-7,9-10,12-15,22-24,29-31,34-38,40-41,43-57H2,1-3H3/b11-8-,19-16-,20-17-,21-18-,28-25-,32-26-,33-27-,42-39-/t58-/m1/s1. The van der Waals surface area contributed by atoms with Crippen molar-refractivity contribution in [2.75, 3.05) is 13.2 Å². The number of rotatable bonds is 49. The van der Waals surface area contributed by atoms with Crippen molar-refractivity contribution in [3.63, 3.8) is 0 Å². The molecule has 1 atom stereocenters. The molecule has 0 aliphatic carbocycles. The Hall–Kier alpha value is -3.67. The molecule has 0 radical (unpaired) electrons. The summed E-state index contributed by atoms with van der Waals surface area (Å²) in [4.78, 5) is 38.1. The van der Waals surface area contributed by atoms with Crippen molar-refractivity contribution in [3.8, 4) is 0 Å². The highest BCUT2D eigenvalue weighted by Gasteiger charge is 2.19. The third kappa shape index (κ3) is 53.2. The molecular weight excluding hydrogens is 829 g/mol. The van der Waals surface area contributed by atoms with Gasteiger partial charge in [0, 0.05) is 19.3 Å². The summed E-state index contributed by atoms with van der Waals surface area (Å²) < 4.78 is 16.8. The summed E-state index contributed by atoms with van der Waals surface area (Å²) in [6.07, 6.45) is 72.5. The zero-order valence-corrected chi connectivity index (χ0v) is 43.6. The first kappa shape index (κ1) is 63.3. The van der Waals surface area contributed by atoms with E-state index in [-0.39, 0.29) is 31.1 Å². The van der Waals surface area contributed by atoms with Crippen LogP contribution in [-0.2, 0) is 28.6 Å². The van der Waals surface area contributed by atoms with E-state index in [9.17, 15) is 14.4 Å². The molecule has 0 N–H and O–H groups in total. The molecule has 0 bridgehead atoms. The van der Waals surface area contributed by atoms with Crippen LogP contribution in [-0.4, -0.2) is 37.2 Å². The molecule has 0 aliphatic rings. The van der Waals surface area contributed by atoms with Crippen LogP contribution in [0.15, 0.2) is 97.2 Å². The van der Waals surface area contributed by atoms with Crippen molar-refractivity contribution < 1.29 is 28.6 Å². The number of esters is 3. The number of carbonyl (C=O) groups is 3. The van der Waals surface area contributed by atoms with E-state index in [0.29, 0.717) is 19.3 Å². The minimum atomic E-state index is -0.804. The molecule has 0 spiro atoms. The molecule has 0 saturated carbocycles. The Kier molecular flexibility index (Phi) is 51.9. The summed E-state index contributed by atoms with van der Waals surface area (Å²) in [6.45, 7) is 6.42. The summed E-state index contributed by atoms with van der Waals surface area (Å²) in [6, 6.07) is 0. The summed E-state index contributed by atoms with van der Waals surface area (Å²) in [7, 11) is 0. The molecule has 6 heteroatoms. The maximum absolute atomic E-state index is 12.8. The van der Waals surface area contributed by atoms with E-state index < -0.39 is 6.10 Å². The quantitative estimate of drug-likeness (QED) is 0.0262. The second kappa shape index (κ2) is 54.9. The number of unbranched alkanes of at least 4 members (excludes halogenated alkanes) is 22. The maximum atomic E-state index is 12.8. The number of ether oxygens (including phenoxy) is 3. The predicted octanol–water partition coefficient (Wildman–Crippen LogP) is 18.5. The zero-order chi connectivity index (χ0) is 48.6. The fourth-order valence-corrected chi connectivity index (χ4v) is 7.37. The van der Waals surface area contributed by atoms with Crippen LogP contribution in [0.25, 0.3) is 0 Å². The summed E-state index contributed by atoms with van der Waals surface area (Å²) >= 11 is 0. The van der Waals surface area contributed by atoms with E-state index in [1.807, 2.05) is 0 Å². The Morgan fingerprint density at radius 2 is 0.582 bits per heavy atom. The Bertz CT molecular complexity index is 1350. The second-order valence-electron chi connectivity index (χ2n) is 18.1. The van der Waals surface area contributed by atoms with Crippen molar-refractivity contribution in [3.05, 3.63) is 97.2 Å². The summed E-state index contributed by atoms with van der Waals surface area (Å²) in [5.74, 6) is -0.959. The molecule has 0 fully saturated rings. The van der Waals surface area contributed by atoms with E-state index in [1.54, 1.807) is 0 Å². The largest absolute Gasteiger partial charge is 0.462 e. The van der Waals surface area contributed by atoms with Gasteiger partial charge in [-0.2, -0.15) is 0 Å². The van der Waals surface area contributed by atoms with Gasteiger partial charge in [0.25, 0.3) is 0 Å². The first-order valence-electron chi connectivity index (χ1n) is 27.7. The minimum Gasteiger partial charge on any atom is -0.462 e. The van der Waals surface area contributed by atoms with E-state index in [4.69, 9.17) is 14.2 Å². The fourth-order valence-electron chi connectivity index (χ4n) is 7.37. The van der Waals surface area contributed by atoms with Gasteiger partial charge in [-0.1, -0.05) is 208 Å². The molecule has 0 heterocycles. The van der Waals surface area contributed by atoms with Crippen LogP contribution < -0.4 is 0 Å². The lowest BCUT2D eigenvalue weighted by atomic mass is 10.1. The molecule has 0 saturated heterocycles. The number of allylic oxidation sites excluding steroid dienone is 16. The Morgan fingerprint density at radius 3 is 0.940 bits per heavy atom. The highest BCUT2D eigenvalue weighted by molar-refractivity contribution is 5.71. The molecule has 0 rings (SSSR count). The molecule has 0 unspecified atom stereocenters. The van der Waals surface area contributed by atoms with Gasteiger partial charge in [-0.05, 0) is 122 Å². The van der Waals surface area contributed by atoms with Gasteiger partial charge in [-0.3, -0.25) is 14.4 Å². The highest BCUT2D eigenvalue weighted by Crippen LogP contribution is 2.14. The third-order valence-electron chi connectivity index (χ3n) is 11.5. The molecule has 382 valence electrons. The van der Waals surface area contributed by atoms with Gasteiger partial charge in [-0.25, -0.2) is 0 Å². The maximum Gasteiger partial charge on any atom is 0.306 e. The van der Waals surface area contributed by atoms with Crippen LogP contribution in [0.5, 0.6) is 0 Å². The van der Waals surface area contributed by atoms with Gasteiger partial charge >= 0.3 is 17.9 Å². The van der Waals surface area contributed by atoms with Crippen LogP contribution in [0, 0.1) is 0 Å². The lowest BCUT2D eigenvalue weighted by Gasteiger charge is -2.18. The molecule has 6 nitrogen and oxygen atoms in total. The van der Waals surface area contributed by atoms with Gasteiger partial charge in [0.15, 0.2) is 6.10 Å². The topological polar surface area (TPSA) is 78.9 Å². The van der Waals surface area contributed by atoms with Crippen molar-refractivity contribution in [2.24, 2.45) is 0 Å². The van der Waals surface area contributed by atoms with Crippen molar-refractivity contribution >= 4 is 17.9 Å².